The van der Waals surface area contributed by atoms with Gasteiger partial charge in [0.15, 0.2) is 0 Å². The van der Waals surface area contributed by atoms with Gasteiger partial charge in [0.2, 0.25) is 0 Å². The number of amides is 1. The minimum atomic E-state index is -0.560. The Hall–Kier alpha value is -2.70. The summed E-state index contributed by atoms with van der Waals surface area (Å²) in [4.78, 5) is 21.3. The zero-order valence-electron chi connectivity index (χ0n) is 9.53. The summed E-state index contributed by atoms with van der Waals surface area (Å²) < 4.78 is 1.38. The van der Waals surface area contributed by atoms with Gasteiger partial charge in [0.1, 0.15) is 0 Å². The molecule has 1 amide bonds. The fourth-order valence-corrected chi connectivity index (χ4v) is 1.47. The highest BCUT2D eigenvalue weighted by molar-refractivity contribution is 5.94. The Labute approximate surface area is 102 Å². The molecule has 0 unspecified atom stereocenters. The Morgan fingerprint density at radius 2 is 2.00 bits per heavy atom. The first-order valence-electron chi connectivity index (χ1n) is 5.14. The number of hydrogen-bond acceptors (Lipinski definition) is 4. The highest BCUT2D eigenvalue weighted by Crippen LogP contribution is 2.12. The smallest absolute Gasteiger partial charge is 0.358 e. The Morgan fingerprint density at radius 3 is 2.50 bits per heavy atom. The summed E-state index contributed by atoms with van der Waals surface area (Å²) in [7, 11) is 1.55. The molecule has 0 saturated carbocycles. The van der Waals surface area contributed by atoms with Crippen LogP contribution in [0.5, 0.6) is 0 Å². The van der Waals surface area contributed by atoms with E-state index >= 15 is 0 Å². The van der Waals surface area contributed by atoms with Crippen LogP contribution >= 0.6 is 0 Å². The standard InChI is InChI=1S/C11H10N4O3/c1-12-11(16)8-2-4-9(5-3-8)14-7-6-10(13-14)15(17)18/h2-7H,1H3,(H,12,16). The summed E-state index contributed by atoms with van der Waals surface area (Å²) in [5.41, 5.74) is 1.17. The molecule has 2 rings (SSSR count). The van der Waals surface area contributed by atoms with E-state index in [1.54, 1.807) is 31.3 Å². The highest BCUT2D eigenvalue weighted by atomic mass is 16.6. The van der Waals surface area contributed by atoms with E-state index in [-0.39, 0.29) is 11.7 Å². The summed E-state index contributed by atoms with van der Waals surface area (Å²) in [5.74, 6) is -0.404. The molecule has 2 aromatic rings. The second-order valence-corrected chi connectivity index (χ2v) is 3.50. The molecule has 1 aromatic carbocycles. The van der Waals surface area contributed by atoms with Crippen molar-refractivity contribution in [2.75, 3.05) is 7.05 Å². The second-order valence-electron chi connectivity index (χ2n) is 3.50. The van der Waals surface area contributed by atoms with Crippen molar-refractivity contribution in [1.29, 1.82) is 0 Å². The van der Waals surface area contributed by atoms with Crippen molar-refractivity contribution in [2.24, 2.45) is 0 Å². The van der Waals surface area contributed by atoms with Gasteiger partial charge in [0, 0.05) is 12.6 Å². The number of benzene rings is 1. The normalized spacial score (nSPS) is 10.1. The van der Waals surface area contributed by atoms with Gasteiger partial charge in [-0.25, -0.2) is 0 Å². The number of carbonyl (C=O) groups excluding carboxylic acids is 1. The van der Waals surface area contributed by atoms with E-state index in [0.29, 0.717) is 11.3 Å². The molecule has 18 heavy (non-hydrogen) atoms. The molecule has 1 N–H and O–H groups in total. The molecule has 0 spiro atoms. The van der Waals surface area contributed by atoms with E-state index in [9.17, 15) is 14.9 Å². The number of carbonyl (C=O) groups is 1. The quantitative estimate of drug-likeness (QED) is 0.649. The van der Waals surface area contributed by atoms with E-state index in [4.69, 9.17) is 0 Å². The third kappa shape index (κ3) is 2.19. The Balaban J connectivity index is 2.28. The molecule has 0 bridgehead atoms. The highest BCUT2D eigenvalue weighted by Gasteiger charge is 2.12. The number of aromatic nitrogens is 2. The maximum Gasteiger partial charge on any atom is 0.390 e. The fraction of sp³-hybridized carbons (Fsp3) is 0.0909. The maximum absolute atomic E-state index is 11.3. The number of rotatable bonds is 3. The first-order chi connectivity index (χ1) is 8.61. The van der Waals surface area contributed by atoms with Gasteiger partial charge < -0.3 is 15.4 Å². The lowest BCUT2D eigenvalue weighted by molar-refractivity contribution is -0.389. The third-order valence-electron chi connectivity index (χ3n) is 2.38. The molecule has 0 aliphatic heterocycles. The first kappa shape index (κ1) is 11.8. The van der Waals surface area contributed by atoms with Crippen molar-refractivity contribution in [3.63, 3.8) is 0 Å². The number of nitrogens with one attached hydrogen (secondary N) is 1. The lowest BCUT2D eigenvalue weighted by Crippen LogP contribution is -2.17. The third-order valence-corrected chi connectivity index (χ3v) is 2.38. The molecule has 0 fully saturated rings. The fourth-order valence-electron chi connectivity index (χ4n) is 1.47. The van der Waals surface area contributed by atoms with Crippen LogP contribution in [0.2, 0.25) is 0 Å². The van der Waals surface area contributed by atoms with Crippen molar-refractivity contribution < 1.29 is 9.72 Å². The minimum absolute atomic E-state index is 0.187. The predicted octanol–water partition coefficient (Wildman–Crippen LogP) is 1.14. The monoisotopic (exact) mass is 246 g/mol. The van der Waals surface area contributed by atoms with Gasteiger partial charge in [0.25, 0.3) is 5.91 Å². The number of nitrogens with zero attached hydrogens (tertiary/aromatic N) is 3. The molecular weight excluding hydrogens is 236 g/mol. The van der Waals surface area contributed by atoms with E-state index < -0.39 is 4.92 Å². The summed E-state index contributed by atoms with van der Waals surface area (Å²) in [6.45, 7) is 0. The van der Waals surface area contributed by atoms with Crippen molar-refractivity contribution in [2.45, 2.75) is 0 Å². The zero-order chi connectivity index (χ0) is 13.1. The number of hydrogen-bond donors (Lipinski definition) is 1. The first-order valence-corrected chi connectivity index (χ1v) is 5.14. The summed E-state index contributed by atoms with van der Waals surface area (Å²) in [6.07, 6.45) is 1.49. The SMILES string of the molecule is CNC(=O)c1ccc(-n2ccc([N+](=O)[O-])n2)cc1. The van der Waals surface area contributed by atoms with Crippen LogP contribution in [0.25, 0.3) is 5.69 Å². The van der Waals surface area contributed by atoms with E-state index in [1.165, 1.54) is 16.9 Å². The summed E-state index contributed by atoms with van der Waals surface area (Å²) in [6, 6.07) is 7.90. The average Bonchev–Trinajstić information content (AvgIpc) is 2.88. The van der Waals surface area contributed by atoms with Crippen LogP contribution in [0.15, 0.2) is 36.5 Å². The molecular formula is C11H10N4O3. The van der Waals surface area contributed by atoms with Crippen LogP contribution < -0.4 is 5.32 Å². The molecule has 1 heterocycles. The number of nitro groups is 1. The average molecular weight is 246 g/mol. The van der Waals surface area contributed by atoms with Gasteiger partial charge in [-0.05, 0) is 29.2 Å². The molecule has 1 aromatic heterocycles. The van der Waals surface area contributed by atoms with Gasteiger partial charge in [-0.3, -0.25) is 4.79 Å². The molecule has 0 radical (unpaired) electrons. The van der Waals surface area contributed by atoms with Crippen molar-refractivity contribution in [3.05, 3.63) is 52.2 Å². The van der Waals surface area contributed by atoms with Crippen molar-refractivity contribution >= 4 is 11.7 Å². The largest absolute Gasteiger partial charge is 0.390 e. The summed E-state index contributed by atoms with van der Waals surface area (Å²) in [5, 5.41) is 16.8. The van der Waals surface area contributed by atoms with E-state index in [0.717, 1.165) is 0 Å². The topological polar surface area (TPSA) is 90.1 Å². The minimum Gasteiger partial charge on any atom is -0.358 e. The van der Waals surface area contributed by atoms with E-state index in [1.807, 2.05) is 0 Å². The van der Waals surface area contributed by atoms with Crippen LogP contribution in [0, 0.1) is 10.1 Å². The van der Waals surface area contributed by atoms with Crippen molar-refractivity contribution in [1.82, 2.24) is 15.1 Å². The molecule has 0 atom stereocenters. The summed E-state index contributed by atoms with van der Waals surface area (Å²) >= 11 is 0. The van der Waals surface area contributed by atoms with Gasteiger partial charge in [0.05, 0.1) is 23.0 Å². The van der Waals surface area contributed by atoms with Gasteiger partial charge in [-0.1, -0.05) is 0 Å². The lowest BCUT2D eigenvalue weighted by atomic mass is 10.2. The van der Waals surface area contributed by atoms with Crippen LogP contribution in [-0.2, 0) is 0 Å². The molecule has 0 saturated heterocycles. The molecule has 7 heteroatoms. The second kappa shape index (κ2) is 4.66. The van der Waals surface area contributed by atoms with Crippen LogP contribution in [0.1, 0.15) is 10.4 Å². The maximum atomic E-state index is 11.3. The lowest BCUT2D eigenvalue weighted by Gasteiger charge is -2.00. The Kier molecular flexibility index (Phi) is 3.05. The van der Waals surface area contributed by atoms with Gasteiger partial charge >= 0.3 is 5.82 Å². The van der Waals surface area contributed by atoms with Crippen LogP contribution in [0.4, 0.5) is 5.82 Å². The zero-order valence-corrected chi connectivity index (χ0v) is 9.53. The predicted molar refractivity (Wildman–Crippen MR) is 63.6 cm³/mol. The molecule has 7 nitrogen and oxygen atoms in total. The van der Waals surface area contributed by atoms with Gasteiger partial charge in [-0.15, -0.1) is 4.68 Å². The Morgan fingerprint density at radius 1 is 1.33 bits per heavy atom. The van der Waals surface area contributed by atoms with Crippen LogP contribution in [-0.4, -0.2) is 27.7 Å². The molecule has 0 aliphatic rings. The Bertz CT molecular complexity index is 589. The van der Waals surface area contributed by atoms with Crippen molar-refractivity contribution in [3.8, 4) is 5.69 Å². The van der Waals surface area contributed by atoms with Crippen LogP contribution in [0.3, 0.4) is 0 Å². The van der Waals surface area contributed by atoms with E-state index in [2.05, 4.69) is 10.4 Å². The molecule has 0 aliphatic carbocycles. The molecule has 92 valence electrons. The van der Waals surface area contributed by atoms with Gasteiger partial charge in [-0.2, -0.15) is 0 Å².